The fourth-order valence-corrected chi connectivity index (χ4v) is 2.63. The van der Waals surface area contributed by atoms with E-state index in [1.54, 1.807) is 26.5 Å². The van der Waals surface area contributed by atoms with E-state index < -0.39 is 0 Å². The van der Waals surface area contributed by atoms with Crippen LogP contribution < -0.4 is 29.6 Å². The third-order valence-electron chi connectivity index (χ3n) is 3.90. The number of hydrogen-bond donors (Lipinski definition) is 2. The van der Waals surface area contributed by atoms with Crippen molar-refractivity contribution >= 4 is 6.03 Å². The first-order valence-corrected chi connectivity index (χ1v) is 9.48. The first-order chi connectivity index (χ1) is 14.0. The summed E-state index contributed by atoms with van der Waals surface area (Å²) in [6, 6.07) is 6.98. The Morgan fingerprint density at radius 1 is 1.10 bits per heavy atom. The molecule has 1 aromatic heterocycles. The van der Waals surface area contributed by atoms with Crippen molar-refractivity contribution in [1.29, 1.82) is 0 Å². The van der Waals surface area contributed by atoms with Crippen molar-refractivity contribution in [3.05, 3.63) is 41.6 Å². The van der Waals surface area contributed by atoms with Gasteiger partial charge in [0.2, 0.25) is 11.6 Å². The van der Waals surface area contributed by atoms with Gasteiger partial charge in [-0.05, 0) is 44.5 Å². The van der Waals surface area contributed by atoms with Crippen LogP contribution in [0.2, 0.25) is 0 Å². The highest BCUT2D eigenvalue weighted by molar-refractivity contribution is 5.74. The van der Waals surface area contributed by atoms with Crippen LogP contribution in [0.15, 0.2) is 30.5 Å². The Kier molecular flexibility index (Phi) is 8.39. The Balaban J connectivity index is 1.98. The van der Waals surface area contributed by atoms with E-state index in [0.29, 0.717) is 42.8 Å². The molecular formula is C21H29N3O5. The number of ether oxygens (including phenoxy) is 4. The second-order valence-corrected chi connectivity index (χ2v) is 6.43. The zero-order chi connectivity index (χ0) is 21.2. The summed E-state index contributed by atoms with van der Waals surface area (Å²) < 4.78 is 22.0. The molecule has 0 fully saturated rings. The molecule has 2 aromatic rings. The Labute approximate surface area is 171 Å². The molecule has 0 saturated carbocycles. The lowest BCUT2D eigenvalue weighted by Crippen LogP contribution is -2.34. The molecule has 2 rings (SSSR count). The summed E-state index contributed by atoms with van der Waals surface area (Å²) in [5, 5.41) is 5.63. The van der Waals surface area contributed by atoms with Crippen LogP contribution in [0.1, 0.15) is 31.9 Å². The largest absolute Gasteiger partial charge is 0.493 e. The highest BCUT2D eigenvalue weighted by Gasteiger charge is 2.14. The molecule has 2 N–H and O–H groups in total. The molecule has 8 heteroatoms. The van der Waals surface area contributed by atoms with Crippen molar-refractivity contribution in [3.63, 3.8) is 0 Å². The topological polar surface area (TPSA) is 90.9 Å². The standard InChI is InChI=1S/C21H29N3O5/c1-6-28-19-17(26-4)10-15(11-18(19)27-5)12-23-21(25)24-13-16-8-7-9-22-20(16)29-14(2)3/h7-11,14H,6,12-13H2,1-5H3,(H2,23,24,25). The molecule has 8 nitrogen and oxygen atoms in total. The number of rotatable bonds is 10. The molecule has 1 aromatic carbocycles. The quantitative estimate of drug-likeness (QED) is 0.633. The number of nitrogens with zero attached hydrogens (tertiary/aromatic N) is 1. The maximum absolute atomic E-state index is 12.2. The molecule has 0 aliphatic heterocycles. The number of nitrogens with one attached hydrogen (secondary N) is 2. The van der Waals surface area contributed by atoms with Gasteiger partial charge in [-0.15, -0.1) is 0 Å². The maximum atomic E-state index is 12.2. The molecule has 0 saturated heterocycles. The van der Waals surface area contributed by atoms with Gasteiger partial charge in [-0.25, -0.2) is 9.78 Å². The van der Waals surface area contributed by atoms with E-state index in [9.17, 15) is 4.79 Å². The van der Waals surface area contributed by atoms with E-state index in [2.05, 4.69) is 15.6 Å². The predicted molar refractivity (Wildman–Crippen MR) is 110 cm³/mol. The summed E-state index contributed by atoms with van der Waals surface area (Å²) in [4.78, 5) is 16.4. The highest BCUT2D eigenvalue weighted by atomic mass is 16.5. The summed E-state index contributed by atoms with van der Waals surface area (Å²) >= 11 is 0. The number of hydrogen-bond acceptors (Lipinski definition) is 6. The number of amides is 2. The Bertz CT molecular complexity index is 786. The van der Waals surface area contributed by atoms with Gasteiger partial charge in [-0.3, -0.25) is 0 Å². The van der Waals surface area contributed by atoms with E-state index in [4.69, 9.17) is 18.9 Å². The average Bonchev–Trinajstić information content (AvgIpc) is 2.71. The van der Waals surface area contributed by atoms with Gasteiger partial charge >= 0.3 is 6.03 Å². The zero-order valence-corrected chi connectivity index (χ0v) is 17.6. The lowest BCUT2D eigenvalue weighted by molar-refractivity contribution is 0.228. The van der Waals surface area contributed by atoms with Gasteiger partial charge in [-0.2, -0.15) is 0 Å². The van der Waals surface area contributed by atoms with Gasteiger partial charge in [0.15, 0.2) is 11.5 Å². The molecule has 0 atom stereocenters. The minimum absolute atomic E-state index is 0.00194. The summed E-state index contributed by atoms with van der Waals surface area (Å²) in [5.74, 6) is 2.16. The third kappa shape index (κ3) is 6.44. The van der Waals surface area contributed by atoms with Gasteiger partial charge in [0, 0.05) is 24.8 Å². The third-order valence-corrected chi connectivity index (χ3v) is 3.90. The van der Waals surface area contributed by atoms with Crippen LogP contribution in [0.3, 0.4) is 0 Å². The monoisotopic (exact) mass is 403 g/mol. The first-order valence-electron chi connectivity index (χ1n) is 9.48. The minimum atomic E-state index is -0.309. The van der Waals surface area contributed by atoms with Crippen molar-refractivity contribution in [3.8, 4) is 23.1 Å². The second kappa shape index (κ2) is 11.0. The van der Waals surface area contributed by atoms with Crippen molar-refractivity contribution in [2.24, 2.45) is 0 Å². The van der Waals surface area contributed by atoms with Crippen LogP contribution in [0.4, 0.5) is 4.79 Å². The Morgan fingerprint density at radius 3 is 2.34 bits per heavy atom. The fourth-order valence-electron chi connectivity index (χ4n) is 2.63. The van der Waals surface area contributed by atoms with Crippen LogP contribution in [0, 0.1) is 0 Å². The van der Waals surface area contributed by atoms with Crippen molar-refractivity contribution in [1.82, 2.24) is 15.6 Å². The summed E-state index contributed by atoms with van der Waals surface area (Å²) in [6.07, 6.45) is 1.66. The molecule has 0 unspecified atom stereocenters. The number of carbonyl (C=O) groups excluding carboxylic acids is 1. The molecule has 2 amide bonds. The van der Waals surface area contributed by atoms with Gasteiger partial charge in [0.05, 0.1) is 26.9 Å². The lowest BCUT2D eigenvalue weighted by Gasteiger charge is -2.16. The van der Waals surface area contributed by atoms with Crippen molar-refractivity contribution in [2.75, 3.05) is 20.8 Å². The summed E-state index contributed by atoms with van der Waals surface area (Å²) in [7, 11) is 3.12. The van der Waals surface area contributed by atoms with Crippen LogP contribution in [-0.4, -0.2) is 37.9 Å². The molecule has 0 radical (unpaired) electrons. The first kappa shape index (κ1) is 22.1. The SMILES string of the molecule is CCOc1c(OC)cc(CNC(=O)NCc2cccnc2OC(C)C)cc1OC. The summed E-state index contributed by atoms with van der Waals surface area (Å²) in [5.41, 5.74) is 1.63. The van der Waals surface area contributed by atoms with E-state index >= 15 is 0 Å². The number of methoxy groups -OCH3 is 2. The molecular weight excluding hydrogens is 374 g/mol. The normalized spacial score (nSPS) is 10.4. The van der Waals surface area contributed by atoms with Crippen LogP contribution in [-0.2, 0) is 13.1 Å². The number of benzene rings is 1. The predicted octanol–water partition coefficient (Wildman–Crippen LogP) is 3.28. The molecule has 0 bridgehead atoms. The van der Waals surface area contributed by atoms with E-state index in [1.807, 2.05) is 39.0 Å². The van der Waals surface area contributed by atoms with Gasteiger partial charge in [-0.1, -0.05) is 6.07 Å². The molecule has 0 spiro atoms. The number of pyridine rings is 1. The number of urea groups is 1. The van der Waals surface area contributed by atoms with E-state index in [0.717, 1.165) is 11.1 Å². The van der Waals surface area contributed by atoms with Crippen LogP contribution in [0.5, 0.6) is 23.1 Å². The summed E-state index contributed by atoms with van der Waals surface area (Å²) in [6.45, 7) is 6.84. The average molecular weight is 403 g/mol. The smallest absolute Gasteiger partial charge is 0.315 e. The van der Waals surface area contributed by atoms with Crippen LogP contribution in [0.25, 0.3) is 0 Å². The fraction of sp³-hybridized carbons (Fsp3) is 0.429. The molecule has 29 heavy (non-hydrogen) atoms. The second-order valence-electron chi connectivity index (χ2n) is 6.43. The maximum Gasteiger partial charge on any atom is 0.315 e. The van der Waals surface area contributed by atoms with Crippen molar-refractivity contribution < 1.29 is 23.7 Å². The van der Waals surface area contributed by atoms with Gasteiger partial charge in [0.25, 0.3) is 0 Å². The molecule has 158 valence electrons. The van der Waals surface area contributed by atoms with Crippen LogP contribution >= 0.6 is 0 Å². The van der Waals surface area contributed by atoms with E-state index in [-0.39, 0.29) is 12.1 Å². The number of aromatic nitrogens is 1. The van der Waals surface area contributed by atoms with E-state index in [1.165, 1.54) is 0 Å². The molecule has 1 heterocycles. The molecule has 0 aliphatic rings. The lowest BCUT2D eigenvalue weighted by atomic mass is 10.2. The zero-order valence-electron chi connectivity index (χ0n) is 17.6. The van der Waals surface area contributed by atoms with Gasteiger partial charge in [0.1, 0.15) is 0 Å². The van der Waals surface area contributed by atoms with Crippen molar-refractivity contribution in [2.45, 2.75) is 40.0 Å². The minimum Gasteiger partial charge on any atom is -0.493 e. The Hall–Kier alpha value is -3.16. The highest BCUT2D eigenvalue weighted by Crippen LogP contribution is 2.38. The van der Waals surface area contributed by atoms with Gasteiger partial charge < -0.3 is 29.6 Å². The molecule has 0 aliphatic carbocycles. The Morgan fingerprint density at radius 2 is 1.76 bits per heavy atom. The number of carbonyl (C=O) groups is 1.